The normalized spacial score (nSPS) is 10.9. The molecule has 2 aromatic rings. The highest BCUT2D eigenvalue weighted by atomic mass is 35.5. The molecule has 0 amide bonds. The standard InChI is InChI=1S/C13H13ClN2O2S/c1-8(2)7-16-13(18)9(12(14)17)6-10(15-16)11-4-3-5-19-11/h3-6,8H,7H2,1-2H3. The van der Waals surface area contributed by atoms with Crippen LogP contribution >= 0.6 is 22.9 Å². The summed E-state index contributed by atoms with van der Waals surface area (Å²) >= 11 is 6.97. The predicted molar refractivity (Wildman–Crippen MR) is 76.8 cm³/mol. The van der Waals surface area contributed by atoms with Crippen molar-refractivity contribution in [2.75, 3.05) is 0 Å². The molecule has 0 aliphatic carbocycles. The SMILES string of the molecule is CC(C)Cn1nc(-c2cccs2)cc(C(=O)Cl)c1=O. The number of aromatic nitrogens is 2. The Kier molecular flexibility index (Phi) is 4.17. The van der Waals surface area contributed by atoms with Crippen molar-refractivity contribution in [2.45, 2.75) is 20.4 Å². The van der Waals surface area contributed by atoms with Gasteiger partial charge in [-0.05, 0) is 35.0 Å². The van der Waals surface area contributed by atoms with Crippen molar-refractivity contribution >= 4 is 28.2 Å². The van der Waals surface area contributed by atoms with Crippen LogP contribution in [-0.4, -0.2) is 15.0 Å². The quantitative estimate of drug-likeness (QED) is 0.815. The fraction of sp³-hybridized carbons (Fsp3) is 0.308. The molecule has 0 saturated carbocycles. The topological polar surface area (TPSA) is 52.0 Å². The highest BCUT2D eigenvalue weighted by Gasteiger charge is 2.15. The number of rotatable bonds is 4. The van der Waals surface area contributed by atoms with E-state index in [1.807, 2.05) is 31.4 Å². The monoisotopic (exact) mass is 296 g/mol. The van der Waals surface area contributed by atoms with Gasteiger partial charge in [0.15, 0.2) is 0 Å². The van der Waals surface area contributed by atoms with Gasteiger partial charge in [-0.2, -0.15) is 5.10 Å². The van der Waals surface area contributed by atoms with E-state index in [2.05, 4.69) is 5.10 Å². The summed E-state index contributed by atoms with van der Waals surface area (Å²) in [6.45, 7) is 4.41. The second-order valence-corrected chi connectivity index (χ2v) is 5.87. The van der Waals surface area contributed by atoms with Gasteiger partial charge in [0.2, 0.25) is 0 Å². The molecule has 0 bridgehead atoms. The van der Waals surface area contributed by atoms with E-state index >= 15 is 0 Å². The zero-order valence-corrected chi connectivity index (χ0v) is 12.2. The number of hydrogen-bond donors (Lipinski definition) is 0. The first-order chi connectivity index (χ1) is 8.99. The van der Waals surface area contributed by atoms with Crippen LogP contribution in [0.2, 0.25) is 0 Å². The summed E-state index contributed by atoms with van der Waals surface area (Å²) in [5.41, 5.74) is 0.133. The van der Waals surface area contributed by atoms with Crippen LogP contribution in [0.25, 0.3) is 10.6 Å². The Labute approximate surface area is 119 Å². The predicted octanol–water partition coefficient (Wildman–Crippen LogP) is 3.01. The van der Waals surface area contributed by atoms with Crippen molar-refractivity contribution in [2.24, 2.45) is 5.92 Å². The van der Waals surface area contributed by atoms with Gasteiger partial charge in [-0.15, -0.1) is 11.3 Å². The van der Waals surface area contributed by atoms with Crippen molar-refractivity contribution in [3.8, 4) is 10.6 Å². The zero-order valence-electron chi connectivity index (χ0n) is 10.6. The molecule has 0 fully saturated rings. The lowest BCUT2D eigenvalue weighted by Gasteiger charge is -2.10. The van der Waals surface area contributed by atoms with E-state index in [1.165, 1.54) is 22.1 Å². The lowest BCUT2D eigenvalue weighted by molar-refractivity contribution is 0.107. The van der Waals surface area contributed by atoms with E-state index in [0.29, 0.717) is 12.2 Å². The fourth-order valence-corrected chi connectivity index (χ4v) is 2.51. The van der Waals surface area contributed by atoms with Crippen LogP contribution in [0, 0.1) is 5.92 Å². The summed E-state index contributed by atoms with van der Waals surface area (Å²) in [6, 6.07) is 5.24. The second-order valence-electron chi connectivity index (χ2n) is 4.58. The summed E-state index contributed by atoms with van der Waals surface area (Å²) < 4.78 is 1.31. The third-order valence-electron chi connectivity index (χ3n) is 2.50. The third kappa shape index (κ3) is 3.11. The Balaban J connectivity index is 2.61. The molecule has 100 valence electrons. The van der Waals surface area contributed by atoms with Gasteiger partial charge in [0.1, 0.15) is 11.3 Å². The van der Waals surface area contributed by atoms with E-state index in [4.69, 9.17) is 11.6 Å². The number of halogens is 1. The van der Waals surface area contributed by atoms with Gasteiger partial charge in [0.25, 0.3) is 10.8 Å². The minimum Gasteiger partial charge on any atom is -0.275 e. The maximum absolute atomic E-state index is 12.1. The number of carbonyl (C=O) groups is 1. The van der Waals surface area contributed by atoms with Crippen molar-refractivity contribution in [1.29, 1.82) is 0 Å². The molecule has 0 aliphatic rings. The number of carbonyl (C=O) groups excluding carboxylic acids is 1. The molecule has 0 aromatic carbocycles. The Hall–Kier alpha value is -1.46. The minimum atomic E-state index is -0.747. The molecule has 0 atom stereocenters. The largest absolute Gasteiger partial charge is 0.279 e. The van der Waals surface area contributed by atoms with Gasteiger partial charge in [0, 0.05) is 6.54 Å². The Bertz CT molecular complexity index is 647. The first-order valence-electron chi connectivity index (χ1n) is 5.85. The summed E-state index contributed by atoms with van der Waals surface area (Å²) in [6.07, 6.45) is 0. The molecule has 19 heavy (non-hydrogen) atoms. The molecule has 0 saturated heterocycles. The van der Waals surface area contributed by atoms with Gasteiger partial charge in [0.05, 0.1) is 4.88 Å². The lowest BCUT2D eigenvalue weighted by atomic mass is 10.2. The molecule has 2 heterocycles. The Morgan fingerprint density at radius 2 is 2.26 bits per heavy atom. The Morgan fingerprint density at radius 3 is 2.79 bits per heavy atom. The number of thiophene rings is 1. The van der Waals surface area contributed by atoms with Crippen LogP contribution in [0.1, 0.15) is 24.2 Å². The third-order valence-corrected chi connectivity index (χ3v) is 3.59. The molecule has 2 rings (SSSR count). The lowest BCUT2D eigenvalue weighted by Crippen LogP contribution is -2.29. The number of nitrogens with zero attached hydrogens (tertiary/aromatic N) is 2. The number of hydrogen-bond acceptors (Lipinski definition) is 4. The van der Waals surface area contributed by atoms with Gasteiger partial charge in [-0.3, -0.25) is 9.59 Å². The molecular weight excluding hydrogens is 284 g/mol. The van der Waals surface area contributed by atoms with Gasteiger partial charge in [-0.1, -0.05) is 19.9 Å². The molecule has 2 aromatic heterocycles. The summed E-state index contributed by atoms with van der Waals surface area (Å²) in [5, 5.41) is 5.47. The van der Waals surface area contributed by atoms with Crippen LogP contribution in [0.5, 0.6) is 0 Å². The van der Waals surface area contributed by atoms with Crippen LogP contribution in [0.15, 0.2) is 28.4 Å². The van der Waals surface area contributed by atoms with Crippen molar-refractivity contribution in [3.05, 3.63) is 39.5 Å². The summed E-state index contributed by atoms with van der Waals surface area (Å²) in [7, 11) is 0. The molecule has 4 nitrogen and oxygen atoms in total. The van der Waals surface area contributed by atoms with E-state index in [1.54, 1.807) is 0 Å². The van der Waals surface area contributed by atoms with E-state index in [0.717, 1.165) is 4.88 Å². The molecular formula is C13H13ClN2O2S. The van der Waals surface area contributed by atoms with E-state index in [9.17, 15) is 9.59 Å². The van der Waals surface area contributed by atoms with Crippen molar-refractivity contribution in [1.82, 2.24) is 9.78 Å². The minimum absolute atomic E-state index is 0.0271. The average Bonchev–Trinajstić information content (AvgIpc) is 2.84. The van der Waals surface area contributed by atoms with Gasteiger partial charge in [-0.25, -0.2) is 4.68 Å². The van der Waals surface area contributed by atoms with Crippen LogP contribution in [-0.2, 0) is 6.54 Å². The summed E-state index contributed by atoms with van der Waals surface area (Å²) in [5.74, 6) is 0.252. The molecule has 6 heteroatoms. The van der Waals surface area contributed by atoms with E-state index in [-0.39, 0.29) is 11.5 Å². The van der Waals surface area contributed by atoms with E-state index < -0.39 is 10.8 Å². The van der Waals surface area contributed by atoms with Gasteiger partial charge >= 0.3 is 0 Å². The van der Waals surface area contributed by atoms with Gasteiger partial charge < -0.3 is 0 Å². The fourth-order valence-electron chi connectivity index (χ4n) is 1.70. The second kappa shape index (κ2) is 5.67. The highest BCUT2D eigenvalue weighted by molar-refractivity contribution is 7.13. The first-order valence-corrected chi connectivity index (χ1v) is 7.10. The maximum Gasteiger partial charge on any atom is 0.279 e. The average molecular weight is 297 g/mol. The molecule has 0 aliphatic heterocycles. The van der Waals surface area contributed by atoms with Crippen LogP contribution in [0.4, 0.5) is 0 Å². The molecule has 0 N–H and O–H groups in total. The highest BCUT2D eigenvalue weighted by Crippen LogP contribution is 2.22. The Morgan fingerprint density at radius 1 is 1.53 bits per heavy atom. The first kappa shape index (κ1) is 14.0. The molecule has 0 spiro atoms. The smallest absolute Gasteiger partial charge is 0.275 e. The van der Waals surface area contributed by atoms with Crippen molar-refractivity contribution in [3.63, 3.8) is 0 Å². The maximum atomic E-state index is 12.1. The molecule has 0 radical (unpaired) electrons. The van der Waals surface area contributed by atoms with Crippen LogP contribution in [0.3, 0.4) is 0 Å². The zero-order chi connectivity index (χ0) is 14.0. The van der Waals surface area contributed by atoms with Crippen molar-refractivity contribution < 1.29 is 4.79 Å². The summed E-state index contributed by atoms with van der Waals surface area (Å²) in [4.78, 5) is 24.3. The van der Waals surface area contributed by atoms with Crippen LogP contribution < -0.4 is 5.56 Å². The molecule has 0 unspecified atom stereocenters.